The first-order valence-corrected chi connectivity index (χ1v) is 8.27. The quantitative estimate of drug-likeness (QED) is 0.749. The first kappa shape index (κ1) is 17.0. The maximum atomic E-state index is 5.71. The van der Waals surface area contributed by atoms with E-state index in [1.165, 1.54) is 0 Å². The van der Waals surface area contributed by atoms with Gasteiger partial charge in [0.2, 0.25) is 0 Å². The van der Waals surface area contributed by atoms with Crippen molar-refractivity contribution < 1.29 is 9.47 Å². The number of hydrogen-bond acceptors (Lipinski definition) is 4. The van der Waals surface area contributed by atoms with E-state index in [1.54, 1.807) is 0 Å². The van der Waals surface area contributed by atoms with Crippen LogP contribution in [0, 0.1) is 0 Å². The number of hydrogen-bond donors (Lipinski definition) is 2. The van der Waals surface area contributed by atoms with E-state index in [0.29, 0.717) is 11.7 Å². The Morgan fingerprint density at radius 2 is 2.09 bits per heavy atom. The smallest absolute Gasteiger partial charge is 0.170 e. The highest BCUT2D eigenvalue weighted by Crippen LogP contribution is 2.23. The summed E-state index contributed by atoms with van der Waals surface area (Å²) < 4.78 is 11.1. The van der Waals surface area contributed by atoms with Crippen molar-refractivity contribution in [3.63, 3.8) is 0 Å². The molecule has 0 radical (unpaired) electrons. The summed E-state index contributed by atoms with van der Waals surface area (Å²) in [6.07, 6.45) is 0.983. The maximum Gasteiger partial charge on any atom is 0.170 e. The van der Waals surface area contributed by atoms with Crippen LogP contribution in [0.5, 0.6) is 5.75 Å². The third-order valence-corrected chi connectivity index (χ3v) is 3.66. The van der Waals surface area contributed by atoms with Crippen LogP contribution in [0.1, 0.15) is 13.3 Å². The monoisotopic (exact) mass is 323 g/mol. The van der Waals surface area contributed by atoms with Gasteiger partial charge in [0, 0.05) is 26.2 Å². The second kappa shape index (κ2) is 9.61. The number of benzene rings is 1. The van der Waals surface area contributed by atoms with Crippen molar-refractivity contribution in [3.8, 4) is 5.75 Å². The van der Waals surface area contributed by atoms with Crippen molar-refractivity contribution in [2.45, 2.75) is 13.3 Å². The molecule has 0 amide bonds. The lowest BCUT2D eigenvalue weighted by Gasteiger charge is -2.26. The molecule has 1 aromatic rings. The van der Waals surface area contributed by atoms with Gasteiger partial charge >= 0.3 is 0 Å². The van der Waals surface area contributed by atoms with Gasteiger partial charge in [0.1, 0.15) is 5.75 Å². The molecular weight excluding hydrogens is 298 g/mol. The molecule has 0 atom stereocenters. The van der Waals surface area contributed by atoms with Gasteiger partial charge in [-0.1, -0.05) is 19.1 Å². The molecule has 1 fully saturated rings. The van der Waals surface area contributed by atoms with Crippen molar-refractivity contribution in [2.24, 2.45) is 0 Å². The minimum atomic E-state index is 0.626. The Morgan fingerprint density at radius 3 is 2.86 bits per heavy atom. The Balaban J connectivity index is 1.74. The number of thiocarbonyl (C=S) groups is 1. The number of para-hydroxylation sites is 2. The van der Waals surface area contributed by atoms with Crippen LogP contribution in [0.15, 0.2) is 24.3 Å². The first-order chi connectivity index (χ1) is 10.8. The van der Waals surface area contributed by atoms with Gasteiger partial charge in [0.05, 0.1) is 25.5 Å². The number of rotatable bonds is 7. The SMILES string of the molecule is CCCOc1ccccc1NC(=S)NCCN1CCOCC1. The van der Waals surface area contributed by atoms with E-state index >= 15 is 0 Å². The van der Waals surface area contributed by atoms with Gasteiger partial charge in [0.25, 0.3) is 0 Å². The van der Waals surface area contributed by atoms with Crippen molar-refractivity contribution in [1.82, 2.24) is 10.2 Å². The van der Waals surface area contributed by atoms with Crippen LogP contribution in [0.25, 0.3) is 0 Å². The summed E-state index contributed by atoms with van der Waals surface area (Å²) in [6.45, 7) is 8.23. The van der Waals surface area contributed by atoms with Crippen LogP contribution in [0.3, 0.4) is 0 Å². The van der Waals surface area contributed by atoms with Gasteiger partial charge in [-0.15, -0.1) is 0 Å². The number of nitrogens with one attached hydrogen (secondary N) is 2. The largest absolute Gasteiger partial charge is 0.491 e. The average molecular weight is 323 g/mol. The van der Waals surface area contributed by atoms with Crippen LogP contribution in [0.2, 0.25) is 0 Å². The summed E-state index contributed by atoms with van der Waals surface area (Å²) in [4.78, 5) is 2.37. The molecule has 6 heteroatoms. The van der Waals surface area contributed by atoms with Gasteiger partial charge in [-0.05, 0) is 30.8 Å². The molecule has 0 aromatic heterocycles. The predicted molar refractivity (Wildman–Crippen MR) is 93.7 cm³/mol. The van der Waals surface area contributed by atoms with E-state index in [-0.39, 0.29) is 0 Å². The van der Waals surface area contributed by atoms with Crippen molar-refractivity contribution >= 4 is 23.0 Å². The highest BCUT2D eigenvalue weighted by atomic mass is 32.1. The van der Waals surface area contributed by atoms with Crippen molar-refractivity contribution in [2.75, 3.05) is 51.3 Å². The molecule has 0 unspecified atom stereocenters. The Labute approximate surface area is 138 Å². The first-order valence-electron chi connectivity index (χ1n) is 7.86. The summed E-state index contributed by atoms with van der Waals surface area (Å²) in [5.41, 5.74) is 0.903. The standard InChI is InChI=1S/C16H25N3O2S/c1-2-11-21-15-6-4-3-5-14(15)18-16(22)17-7-8-19-9-12-20-13-10-19/h3-6H,2,7-13H2,1H3,(H2,17,18,22). The second-order valence-electron chi connectivity index (χ2n) is 5.18. The third-order valence-electron chi connectivity index (χ3n) is 3.41. The molecule has 1 saturated heterocycles. The van der Waals surface area contributed by atoms with Gasteiger partial charge < -0.3 is 20.1 Å². The normalized spacial score (nSPS) is 15.3. The molecule has 22 heavy (non-hydrogen) atoms. The molecule has 5 nitrogen and oxygen atoms in total. The molecule has 0 spiro atoms. The molecule has 0 saturated carbocycles. The van der Waals surface area contributed by atoms with Gasteiger partial charge in [-0.25, -0.2) is 0 Å². The highest BCUT2D eigenvalue weighted by Gasteiger charge is 2.10. The number of anilines is 1. The van der Waals surface area contributed by atoms with E-state index in [4.69, 9.17) is 21.7 Å². The molecule has 0 aliphatic carbocycles. The van der Waals surface area contributed by atoms with Gasteiger partial charge in [-0.3, -0.25) is 4.90 Å². The molecule has 2 rings (SSSR count). The molecule has 1 aliphatic rings. The number of morpholine rings is 1. The van der Waals surface area contributed by atoms with Crippen LogP contribution in [0.4, 0.5) is 5.69 Å². The zero-order chi connectivity index (χ0) is 15.6. The molecule has 1 aliphatic heterocycles. The fourth-order valence-corrected chi connectivity index (χ4v) is 2.44. The van der Waals surface area contributed by atoms with E-state index < -0.39 is 0 Å². The van der Waals surface area contributed by atoms with Gasteiger partial charge in [-0.2, -0.15) is 0 Å². The zero-order valence-corrected chi connectivity index (χ0v) is 14.0. The summed E-state index contributed by atoms with van der Waals surface area (Å²) in [5.74, 6) is 0.835. The van der Waals surface area contributed by atoms with Crippen LogP contribution < -0.4 is 15.4 Å². The lowest BCUT2D eigenvalue weighted by atomic mass is 10.3. The maximum absolute atomic E-state index is 5.71. The number of ether oxygens (including phenoxy) is 2. The minimum absolute atomic E-state index is 0.626. The third kappa shape index (κ3) is 5.79. The topological polar surface area (TPSA) is 45.8 Å². The van der Waals surface area contributed by atoms with Gasteiger partial charge in [0.15, 0.2) is 5.11 Å². The van der Waals surface area contributed by atoms with Crippen LogP contribution >= 0.6 is 12.2 Å². The predicted octanol–water partition coefficient (Wildman–Crippen LogP) is 2.09. The lowest BCUT2D eigenvalue weighted by molar-refractivity contribution is 0.0389. The molecule has 0 bridgehead atoms. The van der Waals surface area contributed by atoms with E-state index in [9.17, 15) is 0 Å². The van der Waals surface area contributed by atoms with Crippen LogP contribution in [-0.4, -0.2) is 56.0 Å². The fourth-order valence-electron chi connectivity index (χ4n) is 2.23. The van der Waals surface area contributed by atoms with E-state index in [2.05, 4.69) is 22.5 Å². The van der Waals surface area contributed by atoms with Crippen LogP contribution in [-0.2, 0) is 4.74 Å². The molecule has 1 aromatic carbocycles. The molecular formula is C16H25N3O2S. The Bertz CT molecular complexity index is 464. The lowest BCUT2D eigenvalue weighted by Crippen LogP contribution is -2.42. The number of nitrogens with zero attached hydrogens (tertiary/aromatic N) is 1. The molecule has 1 heterocycles. The Hall–Kier alpha value is -1.37. The van der Waals surface area contributed by atoms with Crippen molar-refractivity contribution in [1.29, 1.82) is 0 Å². The summed E-state index contributed by atoms with van der Waals surface area (Å²) in [6, 6.07) is 7.86. The second-order valence-corrected chi connectivity index (χ2v) is 5.59. The highest BCUT2D eigenvalue weighted by molar-refractivity contribution is 7.80. The summed E-state index contributed by atoms with van der Waals surface area (Å²) in [7, 11) is 0. The van der Waals surface area contributed by atoms with E-state index in [1.807, 2.05) is 24.3 Å². The fraction of sp³-hybridized carbons (Fsp3) is 0.562. The molecule has 122 valence electrons. The van der Waals surface area contributed by atoms with E-state index in [0.717, 1.165) is 57.3 Å². The Kier molecular flexibility index (Phi) is 7.42. The summed E-state index contributed by atoms with van der Waals surface area (Å²) in [5, 5.41) is 7.08. The molecule has 2 N–H and O–H groups in total. The Morgan fingerprint density at radius 1 is 1.32 bits per heavy atom. The minimum Gasteiger partial charge on any atom is -0.491 e. The van der Waals surface area contributed by atoms with Crippen molar-refractivity contribution in [3.05, 3.63) is 24.3 Å². The average Bonchev–Trinajstić information content (AvgIpc) is 2.55. The zero-order valence-electron chi connectivity index (χ0n) is 13.1. The summed E-state index contributed by atoms with van der Waals surface area (Å²) >= 11 is 5.35.